The maximum Gasteiger partial charge on any atom is 0.0503 e. The van der Waals surface area contributed by atoms with Crippen molar-refractivity contribution in [3.8, 4) is 0 Å². The molecule has 0 aromatic carbocycles. The lowest BCUT2D eigenvalue weighted by Gasteiger charge is -2.32. The van der Waals surface area contributed by atoms with Gasteiger partial charge in [-0.25, -0.2) is 0 Å². The van der Waals surface area contributed by atoms with Crippen LogP contribution in [0.4, 0.5) is 0 Å². The van der Waals surface area contributed by atoms with E-state index in [9.17, 15) is 0 Å². The molecule has 2 unspecified atom stereocenters. The number of nitrogens with one attached hydrogen (secondary N) is 1. The van der Waals surface area contributed by atoms with Gasteiger partial charge in [-0.15, -0.1) is 0 Å². The maximum atomic E-state index is 5.26. The highest BCUT2D eigenvalue weighted by Gasteiger charge is 2.35. The number of rotatable bonds is 5. The number of methoxy groups -OCH3 is 1. The van der Waals surface area contributed by atoms with Crippen LogP contribution in [0.5, 0.6) is 0 Å². The van der Waals surface area contributed by atoms with Crippen molar-refractivity contribution in [1.82, 2.24) is 10.2 Å². The van der Waals surface area contributed by atoms with E-state index in [1.165, 1.54) is 52.0 Å². The lowest BCUT2D eigenvalue weighted by molar-refractivity contribution is 0.140. The molecular formula is C13H26N2O. The topological polar surface area (TPSA) is 24.5 Å². The smallest absolute Gasteiger partial charge is 0.0503 e. The molecule has 0 bridgehead atoms. The zero-order chi connectivity index (χ0) is 11.4. The molecule has 2 fully saturated rings. The van der Waals surface area contributed by atoms with Gasteiger partial charge in [0.2, 0.25) is 0 Å². The summed E-state index contributed by atoms with van der Waals surface area (Å²) in [7, 11) is 1.82. The molecule has 2 aliphatic heterocycles. The summed E-state index contributed by atoms with van der Waals surface area (Å²) in [6.07, 6.45) is 3.99. The summed E-state index contributed by atoms with van der Waals surface area (Å²) in [6.45, 7) is 9.52. The van der Waals surface area contributed by atoms with Crippen molar-refractivity contribution in [2.45, 2.75) is 26.2 Å². The molecule has 16 heavy (non-hydrogen) atoms. The largest absolute Gasteiger partial charge is 0.384 e. The van der Waals surface area contributed by atoms with Gasteiger partial charge < -0.3 is 15.0 Å². The summed E-state index contributed by atoms with van der Waals surface area (Å²) in [4.78, 5) is 2.65. The quantitative estimate of drug-likeness (QED) is 0.766. The van der Waals surface area contributed by atoms with Crippen molar-refractivity contribution >= 4 is 0 Å². The molecule has 0 aliphatic carbocycles. The number of ether oxygens (including phenoxy) is 1. The molecule has 1 N–H and O–H groups in total. The highest BCUT2D eigenvalue weighted by Crippen LogP contribution is 2.32. The summed E-state index contributed by atoms with van der Waals surface area (Å²) >= 11 is 0. The van der Waals surface area contributed by atoms with Crippen LogP contribution in [0, 0.1) is 11.3 Å². The summed E-state index contributed by atoms with van der Waals surface area (Å²) in [6, 6.07) is 0. The van der Waals surface area contributed by atoms with Gasteiger partial charge in [-0.3, -0.25) is 0 Å². The predicted octanol–water partition coefficient (Wildman–Crippen LogP) is 1.34. The maximum absolute atomic E-state index is 5.26. The fraction of sp³-hybridized carbons (Fsp3) is 1.00. The van der Waals surface area contributed by atoms with Crippen LogP contribution in [-0.2, 0) is 4.74 Å². The van der Waals surface area contributed by atoms with Crippen molar-refractivity contribution in [1.29, 1.82) is 0 Å². The molecule has 3 heteroatoms. The molecule has 2 aliphatic rings. The van der Waals surface area contributed by atoms with Crippen LogP contribution in [-0.4, -0.2) is 51.3 Å². The van der Waals surface area contributed by atoms with Gasteiger partial charge in [0.1, 0.15) is 0 Å². The van der Waals surface area contributed by atoms with Crippen molar-refractivity contribution in [2.24, 2.45) is 11.3 Å². The summed E-state index contributed by atoms with van der Waals surface area (Å²) in [5, 5.41) is 3.52. The number of nitrogens with zero attached hydrogens (tertiary/aromatic N) is 1. The number of hydrogen-bond acceptors (Lipinski definition) is 3. The monoisotopic (exact) mass is 226 g/mol. The molecule has 2 heterocycles. The van der Waals surface area contributed by atoms with E-state index in [2.05, 4.69) is 17.1 Å². The van der Waals surface area contributed by atoms with E-state index in [1.54, 1.807) is 0 Å². The van der Waals surface area contributed by atoms with Gasteiger partial charge in [0.05, 0.1) is 6.61 Å². The van der Waals surface area contributed by atoms with Gasteiger partial charge in [0.15, 0.2) is 0 Å². The first kappa shape index (κ1) is 12.3. The van der Waals surface area contributed by atoms with Crippen molar-refractivity contribution < 1.29 is 4.74 Å². The van der Waals surface area contributed by atoms with E-state index in [0.717, 1.165) is 12.5 Å². The Labute approximate surface area is 99.5 Å². The van der Waals surface area contributed by atoms with Crippen molar-refractivity contribution in [3.63, 3.8) is 0 Å². The lowest BCUT2D eigenvalue weighted by Crippen LogP contribution is -2.38. The Morgan fingerprint density at radius 1 is 1.50 bits per heavy atom. The molecule has 2 rings (SSSR count). The molecule has 0 saturated carbocycles. The summed E-state index contributed by atoms with van der Waals surface area (Å²) in [5.41, 5.74) is 0.558. The SMILES string of the molecule is CCC1(CN2CCC(COC)C2)CCNC1. The molecule has 0 amide bonds. The molecule has 3 nitrogen and oxygen atoms in total. The molecular weight excluding hydrogens is 200 g/mol. The zero-order valence-corrected chi connectivity index (χ0v) is 10.8. The van der Waals surface area contributed by atoms with Crippen LogP contribution >= 0.6 is 0 Å². The second-order valence-electron chi connectivity index (χ2n) is 5.63. The molecule has 2 atom stereocenters. The van der Waals surface area contributed by atoms with E-state index in [4.69, 9.17) is 4.74 Å². The van der Waals surface area contributed by atoms with Crippen molar-refractivity contribution in [2.75, 3.05) is 46.4 Å². The van der Waals surface area contributed by atoms with Gasteiger partial charge in [-0.05, 0) is 43.7 Å². The first-order chi connectivity index (χ1) is 7.78. The fourth-order valence-electron chi connectivity index (χ4n) is 3.25. The van der Waals surface area contributed by atoms with Gasteiger partial charge in [0.25, 0.3) is 0 Å². The second kappa shape index (κ2) is 5.48. The molecule has 0 aromatic rings. The Morgan fingerprint density at radius 2 is 2.38 bits per heavy atom. The molecule has 94 valence electrons. The first-order valence-electron chi connectivity index (χ1n) is 6.70. The van der Waals surface area contributed by atoms with Crippen LogP contribution in [0.3, 0.4) is 0 Å². The van der Waals surface area contributed by atoms with Gasteiger partial charge in [0, 0.05) is 26.7 Å². The average molecular weight is 226 g/mol. The third kappa shape index (κ3) is 2.76. The van der Waals surface area contributed by atoms with Crippen LogP contribution in [0.15, 0.2) is 0 Å². The Hall–Kier alpha value is -0.120. The Kier molecular flexibility index (Phi) is 4.22. The molecule has 2 saturated heterocycles. The minimum Gasteiger partial charge on any atom is -0.384 e. The first-order valence-corrected chi connectivity index (χ1v) is 6.70. The van der Waals surface area contributed by atoms with Crippen LogP contribution in [0.1, 0.15) is 26.2 Å². The highest BCUT2D eigenvalue weighted by atomic mass is 16.5. The van der Waals surface area contributed by atoms with Gasteiger partial charge >= 0.3 is 0 Å². The fourth-order valence-corrected chi connectivity index (χ4v) is 3.25. The van der Waals surface area contributed by atoms with E-state index >= 15 is 0 Å². The van der Waals surface area contributed by atoms with E-state index in [1.807, 2.05) is 7.11 Å². The number of hydrogen-bond donors (Lipinski definition) is 1. The van der Waals surface area contributed by atoms with E-state index in [-0.39, 0.29) is 0 Å². The van der Waals surface area contributed by atoms with Gasteiger partial charge in [-0.2, -0.15) is 0 Å². The van der Waals surface area contributed by atoms with Crippen LogP contribution in [0.25, 0.3) is 0 Å². The lowest BCUT2D eigenvalue weighted by atomic mass is 9.84. The molecule has 0 radical (unpaired) electrons. The summed E-state index contributed by atoms with van der Waals surface area (Å²) < 4.78 is 5.26. The zero-order valence-electron chi connectivity index (χ0n) is 10.8. The van der Waals surface area contributed by atoms with Crippen molar-refractivity contribution in [3.05, 3.63) is 0 Å². The predicted molar refractivity (Wildman–Crippen MR) is 66.6 cm³/mol. The van der Waals surface area contributed by atoms with E-state index in [0.29, 0.717) is 5.41 Å². The minimum atomic E-state index is 0.558. The Balaban J connectivity index is 1.81. The highest BCUT2D eigenvalue weighted by molar-refractivity contribution is 4.91. The number of likely N-dealkylation sites (tertiary alicyclic amines) is 1. The van der Waals surface area contributed by atoms with E-state index < -0.39 is 0 Å². The standard InChI is InChI=1S/C13H26N2O/c1-3-13(5-6-14-10-13)11-15-7-4-12(8-15)9-16-2/h12,14H,3-11H2,1-2H3. The summed E-state index contributed by atoms with van der Waals surface area (Å²) in [5.74, 6) is 0.772. The normalized spacial score (nSPS) is 36.0. The van der Waals surface area contributed by atoms with Gasteiger partial charge in [-0.1, -0.05) is 6.92 Å². The molecule has 0 spiro atoms. The third-order valence-corrected chi connectivity index (χ3v) is 4.41. The third-order valence-electron chi connectivity index (χ3n) is 4.41. The Morgan fingerprint density at radius 3 is 3.00 bits per heavy atom. The minimum absolute atomic E-state index is 0.558. The van der Waals surface area contributed by atoms with Crippen LogP contribution in [0.2, 0.25) is 0 Å². The second-order valence-corrected chi connectivity index (χ2v) is 5.63. The molecule has 0 aromatic heterocycles. The average Bonchev–Trinajstić information content (AvgIpc) is 2.90. The Bertz CT molecular complexity index is 214. The van der Waals surface area contributed by atoms with Crippen LogP contribution < -0.4 is 5.32 Å².